The fraction of sp³-hybridized carbons (Fsp3) is 0.385. The average Bonchev–Trinajstić information content (AvgIpc) is 3.15. The zero-order chi connectivity index (χ0) is 13.3. The van der Waals surface area contributed by atoms with Gasteiger partial charge in [0.2, 0.25) is 5.91 Å². The van der Waals surface area contributed by atoms with Crippen molar-refractivity contribution in [1.82, 2.24) is 0 Å². The predicted octanol–water partition coefficient (Wildman–Crippen LogP) is 2.27. The summed E-state index contributed by atoms with van der Waals surface area (Å²) in [5, 5.41) is 2.71. The standard InChI is InChI=1S/C13H14FNO3/c1-7-5-10(14)9(13(17)18-2)6-11(7)15-12(16)8-3-4-8/h5-6,8H,3-4H2,1-2H3,(H,15,16). The lowest BCUT2D eigenvalue weighted by molar-refractivity contribution is -0.117. The molecule has 1 amide bonds. The van der Waals surface area contributed by atoms with Gasteiger partial charge < -0.3 is 10.1 Å². The average molecular weight is 251 g/mol. The van der Waals surface area contributed by atoms with Crippen LogP contribution in [0.1, 0.15) is 28.8 Å². The van der Waals surface area contributed by atoms with Crippen LogP contribution in [0, 0.1) is 18.7 Å². The number of amides is 1. The molecule has 0 heterocycles. The summed E-state index contributed by atoms with van der Waals surface area (Å²) in [6.45, 7) is 1.67. The molecule has 1 saturated carbocycles. The molecule has 5 heteroatoms. The van der Waals surface area contributed by atoms with E-state index < -0.39 is 11.8 Å². The lowest BCUT2D eigenvalue weighted by Gasteiger charge is -2.10. The third kappa shape index (κ3) is 2.50. The largest absolute Gasteiger partial charge is 0.465 e. The van der Waals surface area contributed by atoms with Crippen LogP contribution < -0.4 is 5.32 Å². The number of methoxy groups -OCH3 is 1. The van der Waals surface area contributed by atoms with Gasteiger partial charge in [0.05, 0.1) is 12.7 Å². The number of anilines is 1. The molecule has 0 bridgehead atoms. The summed E-state index contributed by atoms with van der Waals surface area (Å²) >= 11 is 0. The molecule has 1 fully saturated rings. The topological polar surface area (TPSA) is 55.4 Å². The van der Waals surface area contributed by atoms with Crippen molar-refractivity contribution in [3.8, 4) is 0 Å². The Morgan fingerprint density at radius 2 is 2.06 bits per heavy atom. The lowest BCUT2D eigenvalue weighted by atomic mass is 10.1. The van der Waals surface area contributed by atoms with E-state index in [0.29, 0.717) is 11.3 Å². The fourth-order valence-electron chi connectivity index (χ4n) is 1.65. The fourth-order valence-corrected chi connectivity index (χ4v) is 1.65. The van der Waals surface area contributed by atoms with Crippen LogP contribution in [0.25, 0.3) is 0 Å². The first-order valence-electron chi connectivity index (χ1n) is 5.72. The monoisotopic (exact) mass is 251 g/mol. The van der Waals surface area contributed by atoms with E-state index in [-0.39, 0.29) is 17.4 Å². The van der Waals surface area contributed by atoms with Crippen LogP contribution >= 0.6 is 0 Å². The maximum absolute atomic E-state index is 13.6. The van der Waals surface area contributed by atoms with Gasteiger partial charge in [-0.05, 0) is 37.5 Å². The van der Waals surface area contributed by atoms with Crippen molar-refractivity contribution in [2.24, 2.45) is 5.92 Å². The highest BCUT2D eigenvalue weighted by atomic mass is 19.1. The van der Waals surface area contributed by atoms with Crippen LogP contribution in [0.3, 0.4) is 0 Å². The van der Waals surface area contributed by atoms with E-state index in [9.17, 15) is 14.0 Å². The minimum Gasteiger partial charge on any atom is -0.465 e. The smallest absolute Gasteiger partial charge is 0.340 e. The van der Waals surface area contributed by atoms with E-state index in [1.807, 2.05) is 0 Å². The number of rotatable bonds is 3. The van der Waals surface area contributed by atoms with Crippen LogP contribution in [0.5, 0.6) is 0 Å². The van der Waals surface area contributed by atoms with Crippen molar-refractivity contribution in [3.63, 3.8) is 0 Å². The van der Waals surface area contributed by atoms with Gasteiger partial charge in [-0.15, -0.1) is 0 Å². The van der Waals surface area contributed by atoms with E-state index in [4.69, 9.17) is 0 Å². The zero-order valence-corrected chi connectivity index (χ0v) is 10.2. The number of hydrogen-bond acceptors (Lipinski definition) is 3. The maximum atomic E-state index is 13.6. The van der Waals surface area contributed by atoms with Gasteiger partial charge in [-0.2, -0.15) is 0 Å². The molecule has 1 aromatic rings. The number of carbonyl (C=O) groups is 2. The number of carbonyl (C=O) groups excluding carboxylic acids is 2. The van der Waals surface area contributed by atoms with Crippen LogP contribution in [-0.4, -0.2) is 19.0 Å². The molecular formula is C13H14FNO3. The molecule has 96 valence electrons. The normalized spacial score (nSPS) is 14.2. The van der Waals surface area contributed by atoms with Crippen LogP contribution in [0.2, 0.25) is 0 Å². The first kappa shape index (κ1) is 12.5. The quantitative estimate of drug-likeness (QED) is 0.838. The van der Waals surface area contributed by atoms with E-state index in [1.54, 1.807) is 6.92 Å². The van der Waals surface area contributed by atoms with Crippen molar-refractivity contribution >= 4 is 17.6 Å². The summed E-state index contributed by atoms with van der Waals surface area (Å²) in [5.74, 6) is -1.44. The molecule has 4 nitrogen and oxygen atoms in total. The number of halogens is 1. The molecule has 0 radical (unpaired) electrons. The second kappa shape index (κ2) is 4.76. The molecule has 0 saturated heterocycles. The van der Waals surface area contributed by atoms with Gasteiger partial charge in [-0.25, -0.2) is 9.18 Å². The van der Waals surface area contributed by atoms with Crippen LogP contribution in [0.15, 0.2) is 12.1 Å². The van der Waals surface area contributed by atoms with Crippen molar-refractivity contribution in [3.05, 3.63) is 29.1 Å². The number of aryl methyl sites for hydroxylation is 1. The highest BCUT2D eigenvalue weighted by Crippen LogP contribution is 2.31. The predicted molar refractivity (Wildman–Crippen MR) is 63.8 cm³/mol. The minimum absolute atomic E-state index is 0.0519. The summed E-state index contributed by atoms with van der Waals surface area (Å²) in [6.07, 6.45) is 1.77. The summed E-state index contributed by atoms with van der Waals surface area (Å²) in [4.78, 5) is 23.0. The SMILES string of the molecule is COC(=O)c1cc(NC(=O)C2CC2)c(C)cc1F. The Balaban J connectivity index is 2.28. The molecule has 0 atom stereocenters. The Kier molecular flexibility index (Phi) is 3.32. The molecular weight excluding hydrogens is 237 g/mol. The van der Waals surface area contributed by atoms with Gasteiger partial charge in [0.25, 0.3) is 0 Å². The van der Waals surface area contributed by atoms with Gasteiger partial charge in [0, 0.05) is 11.6 Å². The Hall–Kier alpha value is -1.91. The van der Waals surface area contributed by atoms with Gasteiger partial charge in [0.15, 0.2) is 0 Å². The summed E-state index contributed by atoms with van der Waals surface area (Å²) in [5.41, 5.74) is 0.858. The molecule has 0 spiro atoms. The van der Waals surface area contributed by atoms with Gasteiger partial charge in [-0.3, -0.25) is 4.79 Å². The summed E-state index contributed by atoms with van der Waals surface area (Å²) < 4.78 is 18.0. The Morgan fingerprint density at radius 3 is 2.61 bits per heavy atom. The summed E-state index contributed by atoms with van der Waals surface area (Å²) in [7, 11) is 1.18. The van der Waals surface area contributed by atoms with Gasteiger partial charge >= 0.3 is 5.97 Å². The molecule has 1 aliphatic rings. The number of benzene rings is 1. The number of nitrogens with one attached hydrogen (secondary N) is 1. The van der Waals surface area contributed by atoms with E-state index in [2.05, 4.69) is 10.1 Å². The van der Waals surface area contributed by atoms with Crippen molar-refractivity contribution in [2.45, 2.75) is 19.8 Å². The van der Waals surface area contributed by atoms with E-state index >= 15 is 0 Å². The highest BCUT2D eigenvalue weighted by Gasteiger charge is 2.30. The molecule has 1 aliphatic carbocycles. The molecule has 0 unspecified atom stereocenters. The second-order valence-electron chi connectivity index (χ2n) is 4.40. The molecule has 0 aromatic heterocycles. The number of ether oxygens (including phenoxy) is 1. The summed E-state index contributed by atoms with van der Waals surface area (Å²) in [6, 6.07) is 2.53. The van der Waals surface area contributed by atoms with E-state index in [1.165, 1.54) is 19.2 Å². The molecule has 1 N–H and O–H groups in total. The molecule has 18 heavy (non-hydrogen) atoms. The first-order chi connectivity index (χ1) is 8.52. The van der Waals surface area contributed by atoms with Gasteiger partial charge in [-0.1, -0.05) is 0 Å². The highest BCUT2D eigenvalue weighted by molar-refractivity contribution is 5.97. The van der Waals surface area contributed by atoms with E-state index in [0.717, 1.165) is 12.8 Å². The Labute approximate surface area is 104 Å². The first-order valence-corrected chi connectivity index (χ1v) is 5.72. The molecule has 2 rings (SSSR count). The Morgan fingerprint density at radius 1 is 1.39 bits per heavy atom. The number of esters is 1. The lowest BCUT2D eigenvalue weighted by Crippen LogP contribution is -2.15. The van der Waals surface area contributed by atoms with Crippen molar-refractivity contribution in [1.29, 1.82) is 0 Å². The van der Waals surface area contributed by atoms with Crippen LogP contribution in [0.4, 0.5) is 10.1 Å². The zero-order valence-electron chi connectivity index (χ0n) is 10.2. The third-order valence-corrected chi connectivity index (χ3v) is 2.93. The molecule has 0 aliphatic heterocycles. The van der Waals surface area contributed by atoms with Crippen LogP contribution in [-0.2, 0) is 9.53 Å². The Bertz CT molecular complexity index is 509. The van der Waals surface area contributed by atoms with Crippen molar-refractivity contribution < 1.29 is 18.7 Å². The third-order valence-electron chi connectivity index (χ3n) is 2.93. The second-order valence-corrected chi connectivity index (χ2v) is 4.40. The molecule has 1 aromatic carbocycles. The van der Waals surface area contributed by atoms with Gasteiger partial charge in [0.1, 0.15) is 5.82 Å². The maximum Gasteiger partial charge on any atom is 0.340 e. The van der Waals surface area contributed by atoms with Crippen molar-refractivity contribution in [2.75, 3.05) is 12.4 Å². The number of hydrogen-bond donors (Lipinski definition) is 1. The minimum atomic E-state index is -0.755.